The number of carbonyl (C=O) groups excluding carboxylic acids is 1. The lowest BCUT2D eigenvalue weighted by molar-refractivity contribution is -0.125. The van der Waals surface area contributed by atoms with Crippen LogP contribution in [0, 0.1) is 5.92 Å². The van der Waals surface area contributed by atoms with Crippen molar-refractivity contribution in [2.24, 2.45) is 13.0 Å². The Hall–Kier alpha value is -2.54. The van der Waals surface area contributed by atoms with Gasteiger partial charge in [0, 0.05) is 44.4 Å². The summed E-state index contributed by atoms with van der Waals surface area (Å²) in [6.45, 7) is 1.89. The van der Waals surface area contributed by atoms with E-state index in [1.54, 1.807) is 11.8 Å². The van der Waals surface area contributed by atoms with Gasteiger partial charge in [-0.3, -0.25) is 9.48 Å². The van der Waals surface area contributed by atoms with Gasteiger partial charge in [-0.2, -0.15) is 5.10 Å². The number of nitrogens with zero attached hydrogens (tertiary/aromatic N) is 2. The van der Waals surface area contributed by atoms with Crippen LogP contribution in [-0.4, -0.2) is 42.0 Å². The Morgan fingerprint density at radius 3 is 2.86 bits per heavy atom. The van der Waals surface area contributed by atoms with Crippen LogP contribution >= 0.6 is 0 Å². The average molecular weight is 399 g/mol. The van der Waals surface area contributed by atoms with Gasteiger partial charge in [0.05, 0.1) is 25.3 Å². The number of methoxy groups -OCH3 is 1. The normalized spacial score (nSPS) is 22.0. The van der Waals surface area contributed by atoms with E-state index in [1.165, 1.54) is 12.8 Å². The summed E-state index contributed by atoms with van der Waals surface area (Å²) in [6, 6.07) is 5.85. The molecule has 4 rings (SSSR count). The highest BCUT2D eigenvalue weighted by Crippen LogP contribution is 2.35. The highest BCUT2D eigenvalue weighted by molar-refractivity contribution is 5.80. The van der Waals surface area contributed by atoms with Crippen molar-refractivity contribution in [3.8, 4) is 11.5 Å². The lowest BCUT2D eigenvalue weighted by Crippen LogP contribution is -2.34. The van der Waals surface area contributed by atoms with Crippen LogP contribution in [0.1, 0.15) is 42.7 Å². The second-order valence-electron chi connectivity index (χ2n) is 8.01. The van der Waals surface area contributed by atoms with Crippen molar-refractivity contribution in [2.45, 2.75) is 44.2 Å². The number of aryl methyl sites for hydroxylation is 1. The highest BCUT2D eigenvalue weighted by atomic mass is 16.5. The molecule has 0 radical (unpaired) electrons. The van der Waals surface area contributed by atoms with E-state index in [0.29, 0.717) is 13.1 Å². The second-order valence-corrected chi connectivity index (χ2v) is 8.01. The average Bonchev–Trinajstić information content (AvgIpc) is 3.48. The third-order valence-electron chi connectivity index (χ3n) is 6.02. The predicted molar refractivity (Wildman–Crippen MR) is 110 cm³/mol. The molecule has 1 amide bonds. The number of carbonyl (C=O) groups is 1. The maximum Gasteiger partial charge on any atom is 0.225 e. The van der Waals surface area contributed by atoms with Gasteiger partial charge in [-0.1, -0.05) is 12.1 Å². The van der Waals surface area contributed by atoms with E-state index in [9.17, 15) is 4.79 Å². The van der Waals surface area contributed by atoms with Crippen LogP contribution in [0.25, 0.3) is 0 Å². The van der Waals surface area contributed by atoms with Crippen LogP contribution in [0.3, 0.4) is 0 Å². The molecule has 2 heterocycles. The summed E-state index contributed by atoms with van der Waals surface area (Å²) in [5.74, 6) is 1.57. The van der Waals surface area contributed by atoms with Crippen LogP contribution in [-0.2, 0) is 18.4 Å². The van der Waals surface area contributed by atoms with Gasteiger partial charge in [-0.05, 0) is 37.3 Å². The number of para-hydroxylation sites is 1. The van der Waals surface area contributed by atoms with E-state index in [2.05, 4.69) is 15.7 Å². The number of ether oxygens (including phenoxy) is 2. The summed E-state index contributed by atoms with van der Waals surface area (Å²) in [6.07, 6.45) is 8.64. The minimum atomic E-state index is -0.107. The quantitative estimate of drug-likeness (QED) is 0.749. The topological polar surface area (TPSA) is 77.4 Å². The number of nitrogens with one attached hydrogen (secondary N) is 2. The third kappa shape index (κ3) is 4.40. The smallest absolute Gasteiger partial charge is 0.225 e. The van der Waals surface area contributed by atoms with Crippen molar-refractivity contribution in [3.63, 3.8) is 0 Å². The van der Waals surface area contributed by atoms with Crippen molar-refractivity contribution in [1.82, 2.24) is 20.4 Å². The SMILES string of the molecule is COc1cccc(CNC(=O)[C@H]2CNC[C@@H]2c2cnn(C)c2)c1OC1CCCC1. The summed E-state index contributed by atoms with van der Waals surface area (Å²) in [5.41, 5.74) is 2.05. The number of aromatic nitrogens is 2. The Morgan fingerprint density at radius 2 is 2.14 bits per heavy atom. The number of hydrogen-bond acceptors (Lipinski definition) is 5. The van der Waals surface area contributed by atoms with E-state index >= 15 is 0 Å². The largest absolute Gasteiger partial charge is 0.493 e. The fourth-order valence-electron chi connectivity index (χ4n) is 4.42. The van der Waals surface area contributed by atoms with Crippen molar-refractivity contribution >= 4 is 5.91 Å². The summed E-state index contributed by atoms with van der Waals surface area (Å²) in [7, 11) is 3.55. The van der Waals surface area contributed by atoms with Gasteiger partial charge < -0.3 is 20.1 Å². The molecule has 156 valence electrons. The van der Waals surface area contributed by atoms with Crippen LogP contribution < -0.4 is 20.1 Å². The molecule has 1 aromatic heterocycles. The molecule has 1 saturated carbocycles. The van der Waals surface area contributed by atoms with Crippen LogP contribution in [0.15, 0.2) is 30.6 Å². The van der Waals surface area contributed by atoms with Crippen molar-refractivity contribution in [3.05, 3.63) is 41.7 Å². The van der Waals surface area contributed by atoms with Crippen molar-refractivity contribution in [1.29, 1.82) is 0 Å². The van der Waals surface area contributed by atoms with Crippen LogP contribution in [0.2, 0.25) is 0 Å². The first-order valence-electron chi connectivity index (χ1n) is 10.4. The molecule has 2 aromatic rings. The van der Waals surface area contributed by atoms with Gasteiger partial charge in [0.25, 0.3) is 0 Å². The van der Waals surface area contributed by atoms with Crippen molar-refractivity contribution < 1.29 is 14.3 Å². The molecule has 2 atom stereocenters. The molecule has 0 unspecified atom stereocenters. The predicted octanol–water partition coefficient (Wildman–Crippen LogP) is 2.37. The minimum Gasteiger partial charge on any atom is -0.493 e. The summed E-state index contributed by atoms with van der Waals surface area (Å²) in [4.78, 5) is 13.0. The standard InChI is InChI=1S/C22H30N4O3/c1-26-14-16(11-25-26)18-12-23-13-19(18)22(27)24-10-15-6-5-9-20(28-2)21(15)29-17-7-3-4-8-17/h5-6,9,11,14,17-19,23H,3-4,7-8,10,12-13H2,1-2H3,(H,24,27)/t18-,19+/m1/s1. The number of benzene rings is 1. The Morgan fingerprint density at radius 1 is 1.31 bits per heavy atom. The number of amides is 1. The monoisotopic (exact) mass is 398 g/mol. The van der Waals surface area contributed by atoms with Gasteiger partial charge in [-0.15, -0.1) is 0 Å². The molecule has 2 fully saturated rings. The minimum absolute atomic E-state index is 0.0542. The van der Waals surface area contributed by atoms with Gasteiger partial charge >= 0.3 is 0 Å². The Kier molecular flexibility index (Phi) is 6.04. The molecule has 0 spiro atoms. The Labute approximate surface area is 171 Å². The maximum atomic E-state index is 13.0. The molecule has 7 heteroatoms. The lowest BCUT2D eigenvalue weighted by atomic mass is 9.90. The van der Waals surface area contributed by atoms with Crippen molar-refractivity contribution in [2.75, 3.05) is 20.2 Å². The van der Waals surface area contributed by atoms with Gasteiger partial charge in [-0.25, -0.2) is 0 Å². The zero-order valence-electron chi connectivity index (χ0n) is 17.2. The Balaban J connectivity index is 1.44. The van der Waals surface area contributed by atoms with E-state index in [4.69, 9.17) is 9.47 Å². The third-order valence-corrected chi connectivity index (χ3v) is 6.02. The lowest BCUT2D eigenvalue weighted by Gasteiger charge is -2.21. The van der Waals surface area contributed by atoms with E-state index in [-0.39, 0.29) is 23.8 Å². The maximum absolute atomic E-state index is 13.0. The molecular formula is C22H30N4O3. The zero-order valence-corrected chi connectivity index (χ0v) is 17.2. The molecule has 0 bridgehead atoms. The van der Waals surface area contributed by atoms with Crippen LogP contribution in [0.4, 0.5) is 0 Å². The van der Waals surface area contributed by atoms with Crippen LogP contribution in [0.5, 0.6) is 11.5 Å². The molecule has 2 N–H and O–H groups in total. The van der Waals surface area contributed by atoms with E-state index < -0.39 is 0 Å². The first kappa shape index (κ1) is 19.8. The molecule has 1 saturated heterocycles. The van der Waals surface area contributed by atoms with Gasteiger partial charge in [0.1, 0.15) is 0 Å². The summed E-state index contributed by atoms with van der Waals surface area (Å²) < 4.78 is 13.6. The fraction of sp³-hybridized carbons (Fsp3) is 0.545. The van der Waals surface area contributed by atoms with E-state index in [1.807, 2.05) is 37.6 Å². The number of hydrogen-bond donors (Lipinski definition) is 2. The molecule has 2 aliphatic rings. The summed E-state index contributed by atoms with van der Waals surface area (Å²) in [5, 5.41) is 10.7. The number of rotatable bonds is 7. The Bertz CT molecular complexity index is 844. The second kappa shape index (κ2) is 8.86. The molecule has 1 aliphatic carbocycles. The molecule has 29 heavy (non-hydrogen) atoms. The molecule has 1 aromatic carbocycles. The first-order chi connectivity index (χ1) is 14.2. The summed E-state index contributed by atoms with van der Waals surface area (Å²) >= 11 is 0. The zero-order chi connectivity index (χ0) is 20.2. The van der Waals surface area contributed by atoms with Gasteiger partial charge in [0.15, 0.2) is 11.5 Å². The highest BCUT2D eigenvalue weighted by Gasteiger charge is 2.34. The first-order valence-corrected chi connectivity index (χ1v) is 10.4. The van der Waals surface area contributed by atoms with E-state index in [0.717, 1.165) is 42.0 Å². The fourth-order valence-corrected chi connectivity index (χ4v) is 4.42. The molecular weight excluding hydrogens is 368 g/mol. The molecule has 7 nitrogen and oxygen atoms in total. The van der Waals surface area contributed by atoms with Gasteiger partial charge in [0.2, 0.25) is 5.91 Å². The molecule has 1 aliphatic heterocycles.